The Morgan fingerprint density at radius 1 is 1.55 bits per heavy atom. The van der Waals surface area contributed by atoms with E-state index in [4.69, 9.17) is 0 Å². The van der Waals surface area contributed by atoms with Crippen LogP contribution in [-0.2, 0) is 4.79 Å². The zero-order valence-corrected chi connectivity index (χ0v) is 5.54. The lowest BCUT2D eigenvalue weighted by atomic mass is 10.3. The van der Waals surface area contributed by atoms with Gasteiger partial charge in [0.15, 0.2) is 6.29 Å². The van der Waals surface area contributed by atoms with E-state index in [1.54, 1.807) is 0 Å². The Morgan fingerprint density at radius 2 is 2.36 bits per heavy atom. The largest absolute Gasteiger partial charge is 0.289 e. The molecule has 0 saturated heterocycles. The minimum atomic E-state index is -0.554. The van der Waals surface area contributed by atoms with Gasteiger partial charge < -0.3 is 0 Å². The number of aldehydes is 1. The van der Waals surface area contributed by atoms with Crippen LogP contribution < -0.4 is 0 Å². The second kappa shape index (κ2) is 3.47. The summed E-state index contributed by atoms with van der Waals surface area (Å²) >= 11 is 0. The molecule has 1 aromatic heterocycles. The maximum absolute atomic E-state index is 12.2. The van der Waals surface area contributed by atoms with Crippen molar-refractivity contribution in [1.29, 1.82) is 0 Å². The van der Waals surface area contributed by atoms with Crippen LogP contribution in [0.15, 0.2) is 18.3 Å². The molecule has 0 aliphatic carbocycles. The number of rotatable bonds is 0. The number of nitrogens with zero attached hydrogens (tertiary/aromatic N) is 1. The average Bonchev–Trinajstić information content (AvgIpc) is 2.04. The lowest BCUT2D eigenvalue weighted by Crippen LogP contribution is -1.81. The lowest BCUT2D eigenvalue weighted by Gasteiger charge is -1.86. The molecule has 1 heterocycles. The van der Waals surface area contributed by atoms with Crippen molar-refractivity contribution in [1.82, 2.24) is 4.98 Å². The lowest BCUT2D eigenvalue weighted by molar-refractivity contribution is -0.103. The first kappa shape index (κ1) is 7.42. The van der Waals surface area contributed by atoms with E-state index in [-0.39, 0.29) is 0 Å². The first-order valence-electron chi connectivity index (χ1n) is 2.89. The van der Waals surface area contributed by atoms with Crippen molar-refractivity contribution in [2.24, 2.45) is 0 Å². The zero-order valence-electron chi connectivity index (χ0n) is 5.54. The fraction of sp³-hybridized carbons (Fsp3) is 0. The highest BCUT2D eigenvalue weighted by atomic mass is 19.1. The summed E-state index contributed by atoms with van der Waals surface area (Å²) in [5.41, 5.74) is 0.526. The summed E-state index contributed by atoms with van der Waals surface area (Å²) in [5.74, 6) is 4.11. The Kier molecular flexibility index (Phi) is 2.34. The van der Waals surface area contributed by atoms with Gasteiger partial charge in [0.25, 0.3) is 0 Å². The number of aromatic nitrogens is 1. The van der Waals surface area contributed by atoms with Crippen LogP contribution in [0.3, 0.4) is 0 Å². The Bertz CT molecular complexity index is 307. The van der Waals surface area contributed by atoms with Gasteiger partial charge in [-0.15, -0.1) is 0 Å². The van der Waals surface area contributed by atoms with Crippen molar-refractivity contribution in [3.63, 3.8) is 0 Å². The van der Waals surface area contributed by atoms with Crippen molar-refractivity contribution in [2.45, 2.75) is 0 Å². The molecule has 0 aliphatic heterocycles. The highest BCUT2D eigenvalue weighted by Gasteiger charge is 1.88. The SMILES string of the molecule is O=CC#Cc1ccc(F)nc1. The molecule has 0 unspecified atom stereocenters. The summed E-state index contributed by atoms with van der Waals surface area (Å²) in [6.07, 6.45) is 1.75. The Balaban J connectivity index is 2.90. The summed E-state index contributed by atoms with van der Waals surface area (Å²) < 4.78 is 12.2. The second-order valence-corrected chi connectivity index (χ2v) is 1.76. The summed E-state index contributed by atoms with van der Waals surface area (Å²) in [6, 6.07) is 2.65. The topological polar surface area (TPSA) is 30.0 Å². The van der Waals surface area contributed by atoms with E-state index in [0.29, 0.717) is 11.8 Å². The van der Waals surface area contributed by atoms with E-state index in [0.717, 1.165) is 0 Å². The predicted molar refractivity (Wildman–Crippen MR) is 37.1 cm³/mol. The normalized spacial score (nSPS) is 8.09. The van der Waals surface area contributed by atoms with Crippen molar-refractivity contribution < 1.29 is 9.18 Å². The predicted octanol–water partition coefficient (Wildman–Crippen LogP) is 0.771. The fourth-order valence-electron chi connectivity index (χ4n) is 0.563. The first-order chi connectivity index (χ1) is 5.33. The molecule has 1 aromatic rings. The number of pyridine rings is 1. The molecule has 0 fully saturated rings. The molecule has 0 atom stereocenters. The maximum atomic E-state index is 12.2. The molecule has 0 radical (unpaired) electrons. The Morgan fingerprint density at radius 3 is 2.91 bits per heavy atom. The molecule has 0 amide bonds. The first-order valence-corrected chi connectivity index (χ1v) is 2.89. The van der Waals surface area contributed by atoms with Crippen LogP contribution in [0.2, 0.25) is 0 Å². The highest BCUT2D eigenvalue weighted by Crippen LogP contribution is 1.95. The van der Waals surface area contributed by atoms with Crippen LogP contribution >= 0.6 is 0 Å². The third-order valence-corrected chi connectivity index (χ3v) is 1.00. The van der Waals surface area contributed by atoms with Gasteiger partial charge in [0.1, 0.15) is 0 Å². The minimum Gasteiger partial charge on any atom is -0.289 e. The van der Waals surface area contributed by atoms with Crippen molar-refractivity contribution >= 4 is 6.29 Å². The molecule has 54 valence electrons. The summed E-state index contributed by atoms with van der Waals surface area (Å²) in [5, 5.41) is 0. The molecule has 3 heteroatoms. The molecule has 2 nitrogen and oxygen atoms in total. The molecule has 11 heavy (non-hydrogen) atoms. The summed E-state index contributed by atoms with van der Waals surface area (Å²) in [6.45, 7) is 0. The van der Waals surface area contributed by atoms with E-state index >= 15 is 0 Å². The minimum absolute atomic E-state index is 0.476. The second-order valence-electron chi connectivity index (χ2n) is 1.76. The van der Waals surface area contributed by atoms with Crippen LogP contribution in [0.4, 0.5) is 4.39 Å². The van der Waals surface area contributed by atoms with Crippen molar-refractivity contribution in [3.05, 3.63) is 29.8 Å². The quantitative estimate of drug-likeness (QED) is 0.310. The molecular formula is C8H4FNO. The van der Waals surface area contributed by atoms with E-state index in [1.165, 1.54) is 18.3 Å². The average molecular weight is 149 g/mol. The Hall–Kier alpha value is -1.69. The molecule has 0 N–H and O–H groups in total. The van der Waals surface area contributed by atoms with Gasteiger partial charge in [0.2, 0.25) is 5.95 Å². The van der Waals surface area contributed by atoms with E-state index in [9.17, 15) is 9.18 Å². The summed E-state index contributed by atoms with van der Waals surface area (Å²) in [7, 11) is 0. The number of carbonyl (C=O) groups is 1. The highest BCUT2D eigenvalue weighted by molar-refractivity contribution is 5.73. The van der Waals surface area contributed by atoms with Gasteiger partial charge >= 0.3 is 0 Å². The number of hydrogen-bond acceptors (Lipinski definition) is 2. The molecule has 0 aliphatic rings. The summed E-state index contributed by atoms with van der Waals surface area (Å²) in [4.78, 5) is 13.1. The van der Waals surface area contributed by atoms with Gasteiger partial charge in [0.05, 0.1) is 0 Å². The molecule has 0 saturated carbocycles. The zero-order chi connectivity index (χ0) is 8.10. The number of halogens is 1. The molecule has 1 rings (SSSR count). The van der Waals surface area contributed by atoms with Crippen LogP contribution in [0.5, 0.6) is 0 Å². The Labute approximate surface area is 63.1 Å². The van der Waals surface area contributed by atoms with Crippen LogP contribution in [0.1, 0.15) is 5.56 Å². The van der Waals surface area contributed by atoms with E-state index in [2.05, 4.69) is 16.8 Å². The fourth-order valence-corrected chi connectivity index (χ4v) is 0.563. The van der Waals surface area contributed by atoms with Crippen molar-refractivity contribution in [2.75, 3.05) is 0 Å². The third-order valence-electron chi connectivity index (χ3n) is 1.00. The standard InChI is InChI=1S/C8H4FNO/c9-8-4-3-7(6-10-8)2-1-5-11/h3-6H. The van der Waals surface area contributed by atoms with Crippen LogP contribution in [-0.4, -0.2) is 11.3 Å². The van der Waals surface area contributed by atoms with Crippen LogP contribution in [0.25, 0.3) is 0 Å². The maximum Gasteiger partial charge on any atom is 0.212 e. The molecule has 0 bridgehead atoms. The third kappa shape index (κ3) is 2.18. The van der Waals surface area contributed by atoms with Gasteiger partial charge in [-0.25, -0.2) is 4.98 Å². The van der Waals surface area contributed by atoms with Gasteiger partial charge in [-0.3, -0.25) is 4.79 Å². The van der Waals surface area contributed by atoms with Crippen LogP contribution in [0, 0.1) is 17.8 Å². The van der Waals surface area contributed by atoms with Gasteiger partial charge in [-0.1, -0.05) is 5.92 Å². The van der Waals surface area contributed by atoms with E-state index in [1.807, 2.05) is 0 Å². The van der Waals surface area contributed by atoms with Gasteiger partial charge in [0, 0.05) is 11.8 Å². The van der Waals surface area contributed by atoms with Gasteiger partial charge in [-0.2, -0.15) is 4.39 Å². The molecule has 0 spiro atoms. The smallest absolute Gasteiger partial charge is 0.212 e. The monoisotopic (exact) mass is 149 g/mol. The van der Waals surface area contributed by atoms with Crippen molar-refractivity contribution in [3.8, 4) is 11.8 Å². The van der Waals surface area contributed by atoms with Gasteiger partial charge in [-0.05, 0) is 18.1 Å². The number of hydrogen-bond donors (Lipinski definition) is 0. The molecule has 0 aromatic carbocycles. The van der Waals surface area contributed by atoms with E-state index < -0.39 is 5.95 Å². The number of carbonyl (C=O) groups excluding carboxylic acids is 1. The molecular weight excluding hydrogens is 145 g/mol.